The Hall–Kier alpha value is -2.32. The lowest BCUT2D eigenvalue weighted by atomic mass is 9.91. The highest BCUT2D eigenvalue weighted by Gasteiger charge is 2.37. The number of benzene rings is 1. The van der Waals surface area contributed by atoms with E-state index in [1.54, 1.807) is 25.3 Å². The van der Waals surface area contributed by atoms with Crippen molar-refractivity contribution in [3.8, 4) is 11.5 Å². The second kappa shape index (κ2) is 8.58. The van der Waals surface area contributed by atoms with Gasteiger partial charge in [0, 0.05) is 12.1 Å². The Morgan fingerprint density at radius 1 is 1.19 bits per heavy atom. The molecule has 1 saturated heterocycles. The van der Waals surface area contributed by atoms with Gasteiger partial charge in [-0.2, -0.15) is 0 Å². The van der Waals surface area contributed by atoms with E-state index in [1.165, 1.54) is 7.11 Å². The largest absolute Gasteiger partial charge is 0.493 e. The van der Waals surface area contributed by atoms with Crippen molar-refractivity contribution in [1.29, 1.82) is 0 Å². The van der Waals surface area contributed by atoms with E-state index in [4.69, 9.17) is 19.9 Å². The highest BCUT2D eigenvalue weighted by atomic mass is 16.5. The molecule has 1 aliphatic heterocycles. The number of morpholine rings is 1. The molecule has 4 N–H and O–H groups in total. The molecule has 0 spiro atoms. The second-order valence-electron chi connectivity index (χ2n) is 7.01. The molecule has 2 atom stereocenters. The molecule has 1 saturated carbocycles. The lowest BCUT2D eigenvalue weighted by molar-refractivity contribution is -0.148. The minimum atomic E-state index is -0.809. The summed E-state index contributed by atoms with van der Waals surface area (Å²) in [6.45, 7) is -0.141. The molecular formula is C19H27N3O5. The van der Waals surface area contributed by atoms with Crippen molar-refractivity contribution in [2.75, 3.05) is 20.8 Å². The smallest absolute Gasteiger partial charge is 0.251 e. The standard InChI is InChI=1S/C19H27N3O5/c1-25-14-8-3-11(9-15(14)26-2)17-18(27-10-16(23)22-17)19(24)21-13-6-4-12(20)5-7-13/h3,8-9,12-13,17-18H,4-7,10,20H2,1-2H3,(H,21,24)(H,22,23)/t12?,13?,17-,18+/m1/s1. The summed E-state index contributed by atoms with van der Waals surface area (Å²) in [6.07, 6.45) is 2.69. The molecule has 1 heterocycles. The number of carbonyl (C=O) groups excluding carboxylic acids is 2. The summed E-state index contributed by atoms with van der Waals surface area (Å²) in [5.74, 6) is 0.608. The van der Waals surface area contributed by atoms with Crippen molar-refractivity contribution < 1.29 is 23.8 Å². The summed E-state index contributed by atoms with van der Waals surface area (Å²) in [5, 5.41) is 5.90. The van der Waals surface area contributed by atoms with Gasteiger partial charge >= 0.3 is 0 Å². The third-order valence-electron chi connectivity index (χ3n) is 5.16. The monoisotopic (exact) mass is 377 g/mol. The van der Waals surface area contributed by atoms with E-state index in [1.807, 2.05) is 0 Å². The van der Waals surface area contributed by atoms with E-state index >= 15 is 0 Å². The summed E-state index contributed by atoms with van der Waals surface area (Å²) in [7, 11) is 3.09. The Kier molecular flexibility index (Phi) is 6.18. The first-order valence-corrected chi connectivity index (χ1v) is 9.20. The van der Waals surface area contributed by atoms with Crippen LogP contribution >= 0.6 is 0 Å². The molecule has 0 radical (unpaired) electrons. The highest BCUT2D eigenvalue weighted by molar-refractivity contribution is 5.86. The van der Waals surface area contributed by atoms with Crippen molar-refractivity contribution in [3.63, 3.8) is 0 Å². The maximum atomic E-state index is 12.8. The van der Waals surface area contributed by atoms with Gasteiger partial charge in [0.15, 0.2) is 17.6 Å². The number of hydrogen-bond donors (Lipinski definition) is 3. The van der Waals surface area contributed by atoms with Crippen LogP contribution in [0.4, 0.5) is 0 Å². The number of nitrogens with one attached hydrogen (secondary N) is 2. The number of hydrogen-bond acceptors (Lipinski definition) is 6. The van der Waals surface area contributed by atoms with Crippen LogP contribution in [0.5, 0.6) is 11.5 Å². The van der Waals surface area contributed by atoms with Crippen LogP contribution < -0.4 is 25.8 Å². The second-order valence-corrected chi connectivity index (χ2v) is 7.01. The van der Waals surface area contributed by atoms with Gasteiger partial charge in [-0.05, 0) is 43.4 Å². The zero-order valence-corrected chi connectivity index (χ0v) is 15.7. The summed E-state index contributed by atoms with van der Waals surface area (Å²) >= 11 is 0. The number of rotatable bonds is 5. The van der Waals surface area contributed by atoms with Crippen molar-refractivity contribution in [3.05, 3.63) is 23.8 Å². The highest BCUT2D eigenvalue weighted by Crippen LogP contribution is 2.32. The van der Waals surface area contributed by atoms with Gasteiger partial charge in [0.2, 0.25) is 5.91 Å². The first kappa shape index (κ1) is 19.4. The quantitative estimate of drug-likeness (QED) is 0.695. The van der Waals surface area contributed by atoms with E-state index in [0.29, 0.717) is 17.1 Å². The van der Waals surface area contributed by atoms with Crippen molar-refractivity contribution in [2.24, 2.45) is 5.73 Å². The van der Waals surface area contributed by atoms with E-state index < -0.39 is 12.1 Å². The van der Waals surface area contributed by atoms with Gasteiger partial charge in [0.05, 0.1) is 20.3 Å². The first-order valence-electron chi connectivity index (χ1n) is 9.20. The normalized spacial score (nSPS) is 28.2. The minimum absolute atomic E-state index is 0.0876. The third-order valence-corrected chi connectivity index (χ3v) is 5.16. The zero-order chi connectivity index (χ0) is 19.4. The van der Waals surface area contributed by atoms with Crippen LogP contribution in [0.25, 0.3) is 0 Å². The third kappa shape index (κ3) is 4.51. The number of carbonyl (C=O) groups is 2. The van der Waals surface area contributed by atoms with E-state index in [-0.39, 0.29) is 30.5 Å². The molecular weight excluding hydrogens is 350 g/mol. The fraction of sp³-hybridized carbons (Fsp3) is 0.579. The summed E-state index contributed by atoms with van der Waals surface area (Å²) in [4.78, 5) is 24.7. The predicted molar refractivity (Wildman–Crippen MR) is 98.5 cm³/mol. The molecule has 2 aliphatic rings. The Morgan fingerprint density at radius 2 is 1.89 bits per heavy atom. The van der Waals surface area contributed by atoms with E-state index in [9.17, 15) is 9.59 Å². The van der Waals surface area contributed by atoms with Crippen LogP contribution in [0.2, 0.25) is 0 Å². The Bertz CT molecular complexity index is 688. The lowest BCUT2D eigenvalue weighted by Crippen LogP contribution is -2.54. The fourth-order valence-electron chi connectivity index (χ4n) is 3.63. The predicted octanol–water partition coefficient (Wildman–Crippen LogP) is 0.646. The van der Waals surface area contributed by atoms with Gasteiger partial charge in [0.25, 0.3) is 5.91 Å². The number of amides is 2. The molecule has 3 rings (SSSR count). The number of nitrogens with two attached hydrogens (primary N) is 1. The summed E-state index contributed by atoms with van der Waals surface area (Å²) in [5.41, 5.74) is 6.64. The SMILES string of the molecule is COc1ccc([C@H]2NC(=O)CO[C@@H]2C(=O)NC2CCC(N)CC2)cc1OC. The topological polar surface area (TPSA) is 112 Å². The molecule has 1 aliphatic carbocycles. The van der Waals surface area contributed by atoms with Gasteiger partial charge in [-0.3, -0.25) is 9.59 Å². The van der Waals surface area contributed by atoms with Crippen LogP contribution in [-0.4, -0.2) is 50.8 Å². The molecule has 8 heteroatoms. The Labute approximate surface area is 158 Å². The average Bonchev–Trinajstić information content (AvgIpc) is 2.69. The molecule has 27 heavy (non-hydrogen) atoms. The molecule has 8 nitrogen and oxygen atoms in total. The van der Waals surface area contributed by atoms with Crippen LogP contribution in [0.1, 0.15) is 37.3 Å². The molecule has 1 aromatic carbocycles. The summed E-state index contributed by atoms with van der Waals surface area (Å²) < 4.78 is 16.2. The number of ether oxygens (including phenoxy) is 3. The van der Waals surface area contributed by atoms with Gasteiger partial charge in [-0.25, -0.2) is 0 Å². The maximum absolute atomic E-state index is 12.8. The van der Waals surface area contributed by atoms with Gasteiger partial charge in [-0.15, -0.1) is 0 Å². The van der Waals surface area contributed by atoms with E-state index in [0.717, 1.165) is 25.7 Å². The maximum Gasteiger partial charge on any atom is 0.251 e. The van der Waals surface area contributed by atoms with Crippen LogP contribution in [0.15, 0.2) is 18.2 Å². The van der Waals surface area contributed by atoms with Crippen molar-refractivity contribution in [1.82, 2.24) is 10.6 Å². The molecule has 0 unspecified atom stereocenters. The fourth-order valence-corrected chi connectivity index (χ4v) is 3.63. The molecule has 2 amide bonds. The molecule has 0 bridgehead atoms. The average molecular weight is 377 g/mol. The van der Waals surface area contributed by atoms with Crippen LogP contribution in [-0.2, 0) is 14.3 Å². The minimum Gasteiger partial charge on any atom is -0.493 e. The number of methoxy groups -OCH3 is 2. The Morgan fingerprint density at radius 3 is 2.56 bits per heavy atom. The van der Waals surface area contributed by atoms with E-state index in [2.05, 4.69) is 10.6 Å². The zero-order valence-electron chi connectivity index (χ0n) is 15.7. The molecule has 2 fully saturated rings. The van der Waals surface area contributed by atoms with Crippen LogP contribution in [0, 0.1) is 0 Å². The van der Waals surface area contributed by atoms with Crippen molar-refractivity contribution >= 4 is 11.8 Å². The lowest BCUT2D eigenvalue weighted by Gasteiger charge is -2.34. The molecule has 0 aromatic heterocycles. The van der Waals surface area contributed by atoms with Gasteiger partial charge < -0.3 is 30.6 Å². The Balaban J connectivity index is 1.76. The van der Waals surface area contributed by atoms with Crippen molar-refractivity contribution in [2.45, 2.75) is 49.9 Å². The first-order chi connectivity index (χ1) is 13.0. The summed E-state index contributed by atoms with van der Waals surface area (Å²) in [6, 6.07) is 4.98. The van der Waals surface area contributed by atoms with Gasteiger partial charge in [-0.1, -0.05) is 6.07 Å². The van der Waals surface area contributed by atoms with Gasteiger partial charge in [0.1, 0.15) is 6.61 Å². The van der Waals surface area contributed by atoms with Crippen LogP contribution in [0.3, 0.4) is 0 Å². The molecule has 148 valence electrons. The molecule has 1 aromatic rings.